The van der Waals surface area contributed by atoms with E-state index in [-0.39, 0.29) is 11.6 Å². The minimum Gasteiger partial charge on any atom is -0.348 e. The molecule has 112 valence electrons. The van der Waals surface area contributed by atoms with Gasteiger partial charge in [0.2, 0.25) is 5.91 Å². The first-order valence-corrected chi connectivity index (χ1v) is 7.29. The van der Waals surface area contributed by atoms with Crippen molar-refractivity contribution in [1.29, 1.82) is 0 Å². The first-order chi connectivity index (χ1) is 10.5. The van der Waals surface area contributed by atoms with Gasteiger partial charge in [-0.25, -0.2) is 0 Å². The van der Waals surface area contributed by atoms with Gasteiger partial charge in [-0.1, -0.05) is 40.2 Å². The number of carbonyl (C=O) groups is 1. The summed E-state index contributed by atoms with van der Waals surface area (Å²) in [4.78, 5) is 21.9. The smallest absolute Gasteiger partial charge is 0.270 e. The number of amides is 1. The van der Waals surface area contributed by atoms with Gasteiger partial charge in [0.05, 0.1) is 4.92 Å². The van der Waals surface area contributed by atoms with Gasteiger partial charge < -0.3 is 5.32 Å². The Morgan fingerprint density at radius 1 is 1.23 bits per heavy atom. The van der Waals surface area contributed by atoms with Crippen molar-refractivity contribution < 1.29 is 9.72 Å². The zero-order chi connectivity index (χ0) is 15.9. The lowest BCUT2D eigenvalue weighted by Gasteiger charge is -2.02. The number of nitro benzene ring substituents is 1. The first-order valence-electron chi connectivity index (χ1n) is 6.49. The van der Waals surface area contributed by atoms with Gasteiger partial charge >= 0.3 is 0 Å². The summed E-state index contributed by atoms with van der Waals surface area (Å²) in [5.74, 6) is -0.255. The summed E-state index contributed by atoms with van der Waals surface area (Å²) in [6.07, 6.45) is 2.90. The Labute approximate surface area is 135 Å². The fraction of sp³-hybridized carbons (Fsp3) is 0.0625. The van der Waals surface area contributed by atoms with Crippen LogP contribution in [0.1, 0.15) is 11.1 Å². The van der Waals surface area contributed by atoms with Crippen molar-refractivity contribution in [2.45, 2.75) is 6.54 Å². The molecule has 1 N–H and O–H groups in total. The van der Waals surface area contributed by atoms with E-state index in [9.17, 15) is 14.9 Å². The third-order valence-electron chi connectivity index (χ3n) is 2.89. The molecule has 0 radical (unpaired) electrons. The highest BCUT2D eigenvalue weighted by Crippen LogP contribution is 2.14. The molecule has 0 saturated carbocycles. The summed E-state index contributed by atoms with van der Waals surface area (Å²) in [5.41, 5.74) is 1.59. The lowest BCUT2D eigenvalue weighted by molar-refractivity contribution is -0.384. The number of carbonyl (C=O) groups excluding carboxylic acids is 1. The largest absolute Gasteiger partial charge is 0.348 e. The second kappa shape index (κ2) is 7.51. The van der Waals surface area contributed by atoms with Crippen LogP contribution in [0.15, 0.2) is 59.1 Å². The van der Waals surface area contributed by atoms with Gasteiger partial charge in [-0.2, -0.15) is 0 Å². The minimum absolute atomic E-state index is 0.00239. The van der Waals surface area contributed by atoms with Gasteiger partial charge in [0, 0.05) is 29.2 Å². The van der Waals surface area contributed by atoms with E-state index in [1.165, 1.54) is 18.2 Å². The maximum absolute atomic E-state index is 11.7. The molecule has 0 aliphatic rings. The van der Waals surface area contributed by atoms with Crippen LogP contribution in [0.3, 0.4) is 0 Å². The van der Waals surface area contributed by atoms with Gasteiger partial charge in [-0.05, 0) is 29.3 Å². The summed E-state index contributed by atoms with van der Waals surface area (Å²) in [7, 11) is 0. The first kappa shape index (κ1) is 15.9. The lowest BCUT2D eigenvalue weighted by atomic mass is 10.2. The number of rotatable bonds is 5. The quantitative estimate of drug-likeness (QED) is 0.502. The molecule has 0 aliphatic carbocycles. The summed E-state index contributed by atoms with van der Waals surface area (Å²) in [5, 5.41) is 13.4. The molecule has 1 amide bonds. The summed E-state index contributed by atoms with van der Waals surface area (Å²) < 4.78 is 0.980. The summed E-state index contributed by atoms with van der Waals surface area (Å²) in [6.45, 7) is 0.422. The fourth-order valence-corrected chi connectivity index (χ4v) is 2.03. The average Bonchev–Trinajstić information content (AvgIpc) is 2.52. The highest BCUT2D eigenvalue weighted by molar-refractivity contribution is 9.10. The van der Waals surface area contributed by atoms with E-state index in [2.05, 4.69) is 21.2 Å². The van der Waals surface area contributed by atoms with Gasteiger partial charge in [0.1, 0.15) is 0 Å². The molecule has 0 heterocycles. The van der Waals surface area contributed by atoms with Crippen molar-refractivity contribution in [2.75, 3.05) is 0 Å². The topological polar surface area (TPSA) is 72.2 Å². The Morgan fingerprint density at radius 2 is 1.95 bits per heavy atom. The van der Waals surface area contributed by atoms with Crippen LogP contribution in [0.2, 0.25) is 0 Å². The van der Waals surface area contributed by atoms with Crippen LogP contribution in [0.4, 0.5) is 5.69 Å². The highest BCUT2D eigenvalue weighted by atomic mass is 79.9. The van der Waals surface area contributed by atoms with Gasteiger partial charge in [0.15, 0.2) is 0 Å². The number of nitro groups is 1. The van der Waals surface area contributed by atoms with Crippen molar-refractivity contribution in [1.82, 2.24) is 5.32 Å². The normalized spacial score (nSPS) is 10.6. The van der Waals surface area contributed by atoms with Crippen molar-refractivity contribution >= 4 is 33.6 Å². The van der Waals surface area contributed by atoms with E-state index in [0.717, 1.165) is 10.0 Å². The van der Waals surface area contributed by atoms with Crippen molar-refractivity contribution in [3.8, 4) is 0 Å². The minimum atomic E-state index is -0.467. The summed E-state index contributed by atoms with van der Waals surface area (Å²) in [6, 6.07) is 13.7. The van der Waals surface area contributed by atoms with Crippen molar-refractivity contribution in [2.24, 2.45) is 0 Å². The third kappa shape index (κ3) is 4.82. The number of hydrogen-bond donors (Lipinski definition) is 1. The van der Waals surface area contributed by atoms with Gasteiger partial charge in [-0.3, -0.25) is 14.9 Å². The lowest BCUT2D eigenvalue weighted by Crippen LogP contribution is -2.20. The van der Waals surface area contributed by atoms with Crippen LogP contribution in [-0.4, -0.2) is 10.8 Å². The van der Waals surface area contributed by atoms with E-state index in [0.29, 0.717) is 12.1 Å². The Hall–Kier alpha value is -2.47. The number of hydrogen-bond acceptors (Lipinski definition) is 3. The van der Waals surface area contributed by atoms with Crippen LogP contribution >= 0.6 is 15.9 Å². The Bertz CT molecular complexity index is 712. The van der Waals surface area contributed by atoms with Crippen LogP contribution in [0.5, 0.6) is 0 Å². The predicted octanol–water partition coefficient (Wildman–Crippen LogP) is 3.69. The highest BCUT2D eigenvalue weighted by Gasteiger charge is 2.04. The Kier molecular flexibility index (Phi) is 5.43. The SMILES string of the molecule is O=C(C=Cc1cccc([N+](=O)[O-])c1)NCc1ccc(Br)cc1. The number of halogens is 1. The molecule has 0 bridgehead atoms. The van der Waals surface area contributed by atoms with Crippen LogP contribution in [-0.2, 0) is 11.3 Å². The molecule has 0 aromatic heterocycles. The molecule has 2 aromatic rings. The van der Waals surface area contributed by atoms with Crippen molar-refractivity contribution in [3.05, 3.63) is 80.3 Å². The van der Waals surface area contributed by atoms with Crippen LogP contribution < -0.4 is 5.32 Å². The maximum Gasteiger partial charge on any atom is 0.270 e. The molecule has 22 heavy (non-hydrogen) atoms. The number of non-ortho nitro benzene ring substituents is 1. The average molecular weight is 361 g/mol. The third-order valence-corrected chi connectivity index (χ3v) is 3.42. The molecule has 2 aromatic carbocycles. The molecule has 0 unspecified atom stereocenters. The molecule has 0 saturated heterocycles. The monoisotopic (exact) mass is 360 g/mol. The van der Waals surface area contributed by atoms with Gasteiger partial charge in [0.25, 0.3) is 5.69 Å². The number of nitrogens with zero attached hydrogens (tertiary/aromatic N) is 1. The molecule has 5 nitrogen and oxygen atoms in total. The van der Waals surface area contributed by atoms with E-state index in [1.54, 1.807) is 18.2 Å². The Morgan fingerprint density at radius 3 is 2.64 bits per heavy atom. The standard InChI is InChI=1S/C16H13BrN2O3/c17-14-7-4-13(5-8-14)11-18-16(20)9-6-12-2-1-3-15(10-12)19(21)22/h1-10H,11H2,(H,18,20). The van der Waals surface area contributed by atoms with Crippen LogP contribution in [0, 0.1) is 10.1 Å². The molecule has 6 heteroatoms. The van der Waals surface area contributed by atoms with E-state index >= 15 is 0 Å². The fourth-order valence-electron chi connectivity index (χ4n) is 1.76. The second-order valence-corrected chi connectivity index (χ2v) is 5.45. The number of nitrogens with one attached hydrogen (secondary N) is 1. The van der Waals surface area contributed by atoms with E-state index in [4.69, 9.17) is 0 Å². The molecular weight excluding hydrogens is 348 g/mol. The number of benzene rings is 2. The molecule has 0 aliphatic heterocycles. The molecular formula is C16H13BrN2O3. The van der Waals surface area contributed by atoms with E-state index in [1.807, 2.05) is 24.3 Å². The predicted molar refractivity (Wildman–Crippen MR) is 88.1 cm³/mol. The molecule has 0 fully saturated rings. The Balaban J connectivity index is 1.92. The maximum atomic E-state index is 11.7. The molecule has 2 rings (SSSR count). The van der Waals surface area contributed by atoms with Crippen molar-refractivity contribution in [3.63, 3.8) is 0 Å². The molecule has 0 spiro atoms. The molecule has 0 atom stereocenters. The van der Waals surface area contributed by atoms with E-state index < -0.39 is 4.92 Å². The van der Waals surface area contributed by atoms with Gasteiger partial charge in [-0.15, -0.1) is 0 Å². The summed E-state index contributed by atoms with van der Waals surface area (Å²) >= 11 is 3.35. The zero-order valence-electron chi connectivity index (χ0n) is 11.5. The zero-order valence-corrected chi connectivity index (χ0v) is 13.1. The van der Waals surface area contributed by atoms with Crippen LogP contribution in [0.25, 0.3) is 6.08 Å². The second-order valence-electron chi connectivity index (χ2n) is 4.53.